The summed E-state index contributed by atoms with van der Waals surface area (Å²) >= 11 is 0. The predicted octanol–water partition coefficient (Wildman–Crippen LogP) is 0.984. The Morgan fingerprint density at radius 2 is 2.00 bits per heavy atom. The fourth-order valence-corrected chi connectivity index (χ4v) is 2.93. The average Bonchev–Trinajstić information content (AvgIpc) is 2.40. The van der Waals surface area contributed by atoms with Crippen molar-refractivity contribution in [2.24, 2.45) is 17.6 Å². The van der Waals surface area contributed by atoms with Crippen LogP contribution in [0.2, 0.25) is 0 Å². The molecular formula is C11H17NO3. The molecule has 15 heavy (non-hydrogen) atoms. The van der Waals surface area contributed by atoms with Crippen molar-refractivity contribution in [3.8, 4) is 0 Å². The summed E-state index contributed by atoms with van der Waals surface area (Å²) in [6.07, 6.45) is 5.09. The molecular weight excluding hydrogens is 194 g/mol. The summed E-state index contributed by atoms with van der Waals surface area (Å²) in [7, 11) is 0. The van der Waals surface area contributed by atoms with Gasteiger partial charge < -0.3 is 10.5 Å². The molecule has 1 spiro atoms. The molecule has 2 N–H and O–H groups in total. The molecule has 0 radical (unpaired) electrons. The van der Waals surface area contributed by atoms with E-state index in [1.54, 1.807) is 0 Å². The topological polar surface area (TPSA) is 69.4 Å². The summed E-state index contributed by atoms with van der Waals surface area (Å²) in [5.74, 6) is -1.77. The lowest BCUT2D eigenvalue weighted by Gasteiger charge is -2.35. The number of nitrogens with two attached hydrogens (primary N) is 1. The zero-order valence-corrected chi connectivity index (χ0v) is 8.99. The standard InChI is InChI=1S/C11H17NO3/c1-7-8(9(12)13)10(14)15-11(7)5-3-2-4-6-11/h7-8H,2-6H2,1H3,(H2,12,13)/t7-,8+/m0/s1. The molecule has 84 valence electrons. The van der Waals surface area contributed by atoms with Gasteiger partial charge in [0.2, 0.25) is 5.91 Å². The second-order valence-electron chi connectivity index (χ2n) is 4.72. The second kappa shape index (κ2) is 3.51. The van der Waals surface area contributed by atoms with Crippen LogP contribution in [-0.4, -0.2) is 17.5 Å². The first kappa shape index (κ1) is 10.5. The zero-order valence-electron chi connectivity index (χ0n) is 8.99. The van der Waals surface area contributed by atoms with E-state index in [-0.39, 0.29) is 5.92 Å². The molecule has 0 aromatic heterocycles. The van der Waals surface area contributed by atoms with Gasteiger partial charge in [-0.2, -0.15) is 0 Å². The molecule has 4 nitrogen and oxygen atoms in total. The van der Waals surface area contributed by atoms with Crippen molar-refractivity contribution in [1.29, 1.82) is 0 Å². The molecule has 2 aliphatic rings. The van der Waals surface area contributed by atoms with Crippen molar-refractivity contribution in [3.05, 3.63) is 0 Å². The van der Waals surface area contributed by atoms with Crippen LogP contribution in [0.4, 0.5) is 0 Å². The third-order valence-electron chi connectivity index (χ3n) is 3.89. The second-order valence-corrected chi connectivity index (χ2v) is 4.72. The van der Waals surface area contributed by atoms with Gasteiger partial charge in [-0.25, -0.2) is 0 Å². The van der Waals surface area contributed by atoms with Gasteiger partial charge in [0, 0.05) is 5.92 Å². The van der Waals surface area contributed by atoms with Crippen LogP contribution in [-0.2, 0) is 14.3 Å². The number of rotatable bonds is 1. The minimum Gasteiger partial charge on any atom is -0.458 e. The van der Waals surface area contributed by atoms with Crippen LogP contribution in [0.3, 0.4) is 0 Å². The van der Waals surface area contributed by atoms with Crippen molar-refractivity contribution in [3.63, 3.8) is 0 Å². The Bertz CT molecular complexity index is 294. The molecule has 0 bridgehead atoms. The molecule has 1 saturated carbocycles. The highest BCUT2D eigenvalue weighted by Crippen LogP contribution is 2.46. The van der Waals surface area contributed by atoms with Gasteiger partial charge in [0.15, 0.2) is 0 Å². The van der Waals surface area contributed by atoms with Crippen LogP contribution in [0.1, 0.15) is 39.0 Å². The molecule has 2 atom stereocenters. The highest BCUT2D eigenvalue weighted by atomic mass is 16.6. The largest absolute Gasteiger partial charge is 0.458 e. The van der Waals surface area contributed by atoms with Crippen molar-refractivity contribution in [2.75, 3.05) is 0 Å². The molecule has 1 heterocycles. The highest BCUT2D eigenvalue weighted by molar-refractivity contribution is 5.99. The van der Waals surface area contributed by atoms with Crippen molar-refractivity contribution < 1.29 is 14.3 Å². The lowest BCUT2D eigenvalue weighted by molar-refractivity contribution is -0.154. The Morgan fingerprint density at radius 1 is 1.40 bits per heavy atom. The lowest BCUT2D eigenvalue weighted by Crippen LogP contribution is -2.39. The smallest absolute Gasteiger partial charge is 0.319 e. The van der Waals surface area contributed by atoms with Crippen LogP contribution in [0.5, 0.6) is 0 Å². The van der Waals surface area contributed by atoms with Gasteiger partial charge in [-0.15, -0.1) is 0 Å². The first-order valence-corrected chi connectivity index (χ1v) is 5.59. The minimum atomic E-state index is -0.733. The van der Waals surface area contributed by atoms with Crippen molar-refractivity contribution in [1.82, 2.24) is 0 Å². The fourth-order valence-electron chi connectivity index (χ4n) is 2.93. The first-order chi connectivity index (χ1) is 7.07. The zero-order chi connectivity index (χ0) is 11.1. The van der Waals surface area contributed by atoms with Gasteiger partial charge in [0.1, 0.15) is 11.5 Å². The van der Waals surface area contributed by atoms with E-state index in [1.165, 1.54) is 6.42 Å². The summed E-state index contributed by atoms with van der Waals surface area (Å²) in [5.41, 5.74) is 4.83. The Kier molecular flexibility index (Phi) is 2.44. The molecule has 2 rings (SSSR count). The monoisotopic (exact) mass is 211 g/mol. The Morgan fingerprint density at radius 3 is 2.47 bits per heavy atom. The summed E-state index contributed by atoms with van der Waals surface area (Å²) in [4.78, 5) is 22.7. The molecule has 0 unspecified atom stereocenters. The van der Waals surface area contributed by atoms with Crippen molar-refractivity contribution >= 4 is 11.9 Å². The number of carbonyl (C=O) groups is 2. The number of hydrogen-bond acceptors (Lipinski definition) is 3. The fraction of sp³-hybridized carbons (Fsp3) is 0.818. The summed E-state index contributed by atoms with van der Waals surface area (Å²) < 4.78 is 5.44. The molecule has 1 aliphatic carbocycles. The van der Waals surface area contributed by atoms with E-state index in [0.717, 1.165) is 25.7 Å². The third kappa shape index (κ3) is 1.52. The van der Waals surface area contributed by atoms with E-state index in [2.05, 4.69) is 0 Å². The molecule has 1 saturated heterocycles. The van der Waals surface area contributed by atoms with E-state index < -0.39 is 23.4 Å². The number of hydrogen-bond donors (Lipinski definition) is 1. The number of ether oxygens (including phenoxy) is 1. The average molecular weight is 211 g/mol. The van der Waals surface area contributed by atoms with Gasteiger partial charge in [0.25, 0.3) is 0 Å². The summed E-state index contributed by atoms with van der Waals surface area (Å²) in [6, 6.07) is 0. The maximum atomic E-state index is 11.6. The number of amides is 1. The minimum absolute atomic E-state index is 0.0669. The normalized spacial score (nSPS) is 34.1. The molecule has 0 aromatic rings. The van der Waals surface area contributed by atoms with Gasteiger partial charge in [0.05, 0.1) is 0 Å². The quantitative estimate of drug-likeness (QED) is 0.519. The molecule has 1 aliphatic heterocycles. The number of carbonyl (C=O) groups excluding carboxylic acids is 2. The van der Waals surface area contributed by atoms with Gasteiger partial charge in [-0.1, -0.05) is 13.3 Å². The number of primary amides is 1. The van der Waals surface area contributed by atoms with E-state index in [4.69, 9.17) is 10.5 Å². The number of esters is 1. The SMILES string of the molecule is C[C@H]1[C@H](C(N)=O)C(=O)OC12CCCCC2. The van der Waals surface area contributed by atoms with E-state index in [1.807, 2.05) is 6.92 Å². The van der Waals surface area contributed by atoms with Crippen LogP contribution in [0.25, 0.3) is 0 Å². The maximum Gasteiger partial charge on any atom is 0.319 e. The maximum absolute atomic E-state index is 11.6. The van der Waals surface area contributed by atoms with Gasteiger partial charge >= 0.3 is 5.97 Å². The third-order valence-corrected chi connectivity index (χ3v) is 3.89. The first-order valence-electron chi connectivity index (χ1n) is 5.59. The lowest BCUT2D eigenvalue weighted by atomic mass is 9.73. The molecule has 1 amide bonds. The van der Waals surface area contributed by atoms with Crippen LogP contribution in [0.15, 0.2) is 0 Å². The van der Waals surface area contributed by atoms with Gasteiger partial charge in [-0.3, -0.25) is 9.59 Å². The Labute approximate surface area is 89.2 Å². The molecule has 0 aromatic carbocycles. The highest BCUT2D eigenvalue weighted by Gasteiger charge is 2.55. The summed E-state index contributed by atoms with van der Waals surface area (Å²) in [6.45, 7) is 1.91. The van der Waals surface area contributed by atoms with Crippen LogP contribution < -0.4 is 5.73 Å². The van der Waals surface area contributed by atoms with Crippen LogP contribution >= 0.6 is 0 Å². The Hall–Kier alpha value is -1.06. The Balaban J connectivity index is 2.23. The van der Waals surface area contributed by atoms with E-state index in [0.29, 0.717) is 0 Å². The molecule has 2 fully saturated rings. The van der Waals surface area contributed by atoms with Crippen LogP contribution in [0, 0.1) is 11.8 Å². The molecule has 4 heteroatoms. The van der Waals surface area contributed by atoms with Crippen molar-refractivity contribution in [2.45, 2.75) is 44.6 Å². The van der Waals surface area contributed by atoms with Gasteiger partial charge in [-0.05, 0) is 25.7 Å². The summed E-state index contributed by atoms with van der Waals surface area (Å²) in [5, 5.41) is 0. The van der Waals surface area contributed by atoms with E-state index in [9.17, 15) is 9.59 Å². The van der Waals surface area contributed by atoms with E-state index >= 15 is 0 Å². The predicted molar refractivity (Wildman–Crippen MR) is 53.8 cm³/mol.